The Bertz CT molecular complexity index is 372. The highest BCUT2D eigenvalue weighted by Gasteiger charge is 2.38. The Morgan fingerprint density at radius 3 is 3.20 bits per heavy atom. The first kappa shape index (κ1) is 10.2. The number of aliphatic carboxylic acids is 1. The molecule has 1 aliphatic carbocycles. The van der Waals surface area contributed by atoms with E-state index in [4.69, 9.17) is 9.52 Å². The largest absolute Gasteiger partial charge is 0.481 e. The van der Waals surface area contributed by atoms with Crippen LogP contribution >= 0.6 is 0 Å². The topological polar surface area (TPSA) is 62.5 Å². The maximum Gasteiger partial charge on any atom is 0.305 e. The lowest BCUT2D eigenvalue weighted by Gasteiger charge is -2.35. The minimum Gasteiger partial charge on any atom is -0.481 e. The fraction of sp³-hybridized carbons (Fsp3) is 0.545. The van der Waals surface area contributed by atoms with Crippen LogP contribution in [0, 0.1) is 0 Å². The van der Waals surface area contributed by atoms with E-state index >= 15 is 0 Å². The molecule has 1 atom stereocenters. The zero-order valence-electron chi connectivity index (χ0n) is 8.75. The molecule has 0 fully saturated rings. The van der Waals surface area contributed by atoms with E-state index in [1.165, 1.54) is 0 Å². The van der Waals surface area contributed by atoms with Gasteiger partial charge in [-0.2, -0.15) is 0 Å². The van der Waals surface area contributed by atoms with Crippen molar-refractivity contribution in [2.75, 3.05) is 7.05 Å². The number of hydrogen-bond donors (Lipinski definition) is 2. The maximum absolute atomic E-state index is 10.9. The zero-order chi connectivity index (χ0) is 10.9. The fourth-order valence-electron chi connectivity index (χ4n) is 2.44. The Morgan fingerprint density at radius 2 is 2.53 bits per heavy atom. The van der Waals surface area contributed by atoms with Gasteiger partial charge in [-0.05, 0) is 26.0 Å². The third-order valence-electron chi connectivity index (χ3n) is 3.20. The molecule has 1 aromatic heterocycles. The standard InChI is InChI=1S/C11H15NO3/c1-12-11(7-10(13)14)5-2-3-9-8(11)4-6-15-9/h4,6,12H,2-3,5,7H2,1H3,(H,13,14). The minimum absolute atomic E-state index is 0.107. The second-order valence-electron chi connectivity index (χ2n) is 4.01. The number of carboxylic acid groups (broad SMARTS) is 1. The van der Waals surface area contributed by atoms with E-state index < -0.39 is 11.5 Å². The highest BCUT2D eigenvalue weighted by Crippen LogP contribution is 2.38. The number of hydrogen-bond acceptors (Lipinski definition) is 3. The van der Waals surface area contributed by atoms with Gasteiger partial charge in [-0.1, -0.05) is 0 Å². The predicted octanol–water partition coefficient (Wildman–Crippen LogP) is 1.51. The van der Waals surface area contributed by atoms with Gasteiger partial charge in [0, 0.05) is 12.0 Å². The first-order valence-electron chi connectivity index (χ1n) is 5.15. The van der Waals surface area contributed by atoms with Crippen molar-refractivity contribution in [1.82, 2.24) is 5.32 Å². The van der Waals surface area contributed by atoms with E-state index in [1.807, 2.05) is 13.1 Å². The van der Waals surface area contributed by atoms with E-state index in [0.29, 0.717) is 0 Å². The van der Waals surface area contributed by atoms with Crippen LogP contribution in [-0.4, -0.2) is 18.1 Å². The summed E-state index contributed by atoms with van der Waals surface area (Å²) in [4.78, 5) is 10.9. The quantitative estimate of drug-likeness (QED) is 0.792. The fourth-order valence-corrected chi connectivity index (χ4v) is 2.44. The van der Waals surface area contributed by atoms with Crippen LogP contribution in [0.4, 0.5) is 0 Å². The normalized spacial score (nSPS) is 24.9. The van der Waals surface area contributed by atoms with Crippen molar-refractivity contribution in [3.05, 3.63) is 23.7 Å². The molecule has 2 rings (SSSR count). The summed E-state index contributed by atoms with van der Waals surface area (Å²) in [6, 6.07) is 1.88. The SMILES string of the molecule is CNC1(CC(=O)O)CCCc2occc21. The van der Waals surface area contributed by atoms with Crippen LogP contribution in [0.2, 0.25) is 0 Å². The molecule has 0 spiro atoms. The Kier molecular flexibility index (Phi) is 2.52. The van der Waals surface area contributed by atoms with Crippen LogP contribution < -0.4 is 5.32 Å². The lowest BCUT2D eigenvalue weighted by atomic mass is 9.77. The molecule has 0 aromatic carbocycles. The van der Waals surface area contributed by atoms with Crippen molar-refractivity contribution in [3.8, 4) is 0 Å². The van der Waals surface area contributed by atoms with Crippen LogP contribution in [-0.2, 0) is 16.8 Å². The van der Waals surface area contributed by atoms with Crippen LogP contribution in [0.15, 0.2) is 16.7 Å². The molecule has 82 valence electrons. The van der Waals surface area contributed by atoms with E-state index in [9.17, 15) is 4.79 Å². The van der Waals surface area contributed by atoms with Gasteiger partial charge in [0.2, 0.25) is 0 Å². The highest BCUT2D eigenvalue weighted by atomic mass is 16.4. The average molecular weight is 209 g/mol. The molecule has 1 unspecified atom stereocenters. The number of rotatable bonds is 3. The van der Waals surface area contributed by atoms with Crippen LogP contribution in [0.3, 0.4) is 0 Å². The summed E-state index contributed by atoms with van der Waals surface area (Å²) >= 11 is 0. The third kappa shape index (κ3) is 1.65. The molecule has 1 heterocycles. The number of carbonyl (C=O) groups is 1. The minimum atomic E-state index is -0.779. The van der Waals surface area contributed by atoms with Gasteiger partial charge in [0.05, 0.1) is 18.2 Å². The van der Waals surface area contributed by atoms with Crippen molar-refractivity contribution >= 4 is 5.97 Å². The van der Waals surface area contributed by atoms with Crippen molar-refractivity contribution in [2.24, 2.45) is 0 Å². The number of furan rings is 1. The molecule has 1 aliphatic rings. The second-order valence-corrected chi connectivity index (χ2v) is 4.01. The smallest absolute Gasteiger partial charge is 0.305 e. The van der Waals surface area contributed by atoms with Crippen molar-refractivity contribution in [3.63, 3.8) is 0 Å². The molecule has 0 amide bonds. The highest BCUT2D eigenvalue weighted by molar-refractivity contribution is 5.69. The molecule has 0 bridgehead atoms. The number of fused-ring (bicyclic) bond motifs is 1. The molecule has 4 heteroatoms. The summed E-state index contributed by atoms with van der Waals surface area (Å²) in [7, 11) is 1.81. The van der Waals surface area contributed by atoms with Crippen molar-refractivity contribution in [1.29, 1.82) is 0 Å². The Labute approximate surface area is 88.3 Å². The summed E-state index contributed by atoms with van der Waals surface area (Å²) in [5, 5.41) is 12.1. The van der Waals surface area contributed by atoms with Crippen molar-refractivity contribution in [2.45, 2.75) is 31.2 Å². The molecular formula is C11H15NO3. The van der Waals surface area contributed by atoms with Crippen molar-refractivity contribution < 1.29 is 14.3 Å². The Hall–Kier alpha value is -1.29. The molecular weight excluding hydrogens is 194 g/mol. The molecule has 15 heavy (non-hydrogen) atoms. The van der Waals surface area contributed by atoms with E-state index in [0.717, 1.165) is 30.6 Å². The van der Waals surface area contributed by atoms with E-state index in [2.05, 4.69) is 5.32 Å². The Balaban J connectivity index is 2.39. The molecule has 1 aromatic rings. The Morgan fingerprint density at radius 1 is 1.73 bits per heavy atom. The maximum atomic E-state index is 10.9. The van der Waals surface area contributed by atoms with E-state index in [1.54, 1.807) is 6.26 Å². The molecule has 0 saturated heterocycles. The van der Waals surface area contributed by atoms with Gasteiger partial charge in [-0.15, -0.1) is 0 Å². The van der Waals surface area contributed by atoms with E-state index in [-0.39, 0.29) is 6.42 Å². The van der Waals surface area contributed by atoms with Crippen LogP contribution in [0.25, 0.3) is 0 Å². The van der Waals surface area contributed by atoms with Crippen LogP contribution in [0.1, 0.15) is 30.6 Å². The molecule has 4 nitrogen and oxygen atoms in total. The average Bonchev–Trinajstić information content (AvgIpc) is 2.66. The lowest BCUT2D eigenvalue weighted by Crippen LogP contribution is -2.44. The first-order valence-corrected chi connectivity index (χ1v) is 5.15. The monoisotopic (exact) mass is 209 g/mol. The number of nitrogens with one attached hydrogen (secondary N) is 1. The molecule has 2 N–H and O–H groups in total. The van der Waals surface area contributed by atoms with Gasteiger partial charge in [-0.3, -0.25) is 4.79 Å². The second kappa shape index (κ2) is 3.70. The van der Waals surface area contributed by atoms with Gasteiger partial charge in [0.1, 0.15) is 5.76 Å². The van der Waals surface area contributed by atoms with Gasteiger partial charge >= 0.3 is 5.97 Å². The summed E-state index contributed by atoms with van der Waals surface area (Å²) in [5.41, 5.74) is 0.575. The number of aryl methyl sites for hydroxylation is 1. The summed E-state index contributed by atoms with van der Waals surface area (Å²) in [6.45, 7) is 0. The summed E-state index contributed by atoms with van der Waals surface area (Å²) in [6.07, 6.45) is 4.47. The summed E-state index contributed by atoms with van der Waals surface area (Å²) in [5.74, 6) is 0.148. The van der Waals surface area contributed by atoms with Gasteiger partial charge in [0.15, 0.2) is 0 Å². The predicted molar refractivity (Wildman–Crippen MR) is 54.6 cm³/mol. The molecule has 0 radical (unpaired) electrons. The molecule has 0 saturated carbocycles. The number of carboxylic acids is 1. The summed E-state index contributed by atoms with van der Waals surface area (Å²) < 4.78 is 5.36. The first-order chi connectivity index (χ1) is 7.18. The van der Waals surface area contributed by atoms with Gasteiger partial charge < -0.3 is 14.8 Å². The third-order valence-corrected chi connectivity index (χ3v) is 3.20. The van der Waals surface area contributed by atoms with Gasteiger partial charge in [-0.25, -0.2) is 0 Å². The zero-order valence-corrected chi connectivity index (χ0v) is 8.75. The van der Waals surface area contributed by atoms with Gasteiger partial charge in [0.25, 0.3) is 0 Å². The molecule has 0 aliphatic heterocycles. The lowest BCUT2D eigenvalue weighted by molar-refractivity contribution is -0.139. The van der Waals surface area contributed by atoms with Crippen LogP contribution in [0.5, 0.6) is 0 Å².